The maximum atomic E-state index is 15.4. The van der Waals surface area contributed by atoms with Gasteiger partial charge in [-0.25, -0.2) is 17.6 Å². The second-order valence-electron chi connectivity index (χ2n) is 13.2. The van der Waals surface area contributed by atoms with Crippen LogP contribution >= 0.6 is 0 Å². The molecule has 0 saturated heterocycles. The highest BCUT2D eigenvalue weighted by Gasteiger charge is 2.32. The summed E-state index contributed by atoms with van der Waals surface area (Å²) in [6.07, 6.45) is 22.5. The van der Waals surface area contributed by atoms with Crippen LogP contribution in [0.4, 0.5) is 17.6 Å². The van der Waals surface area contributed by atoms with Gasteiger partial charge in [0.2, 0.25) is 0 Å². The van der Waals surface area contributed by atoms with Crippen molar-refractivity contribution in [1.29, 1.82) is 0 Å². The molecule has 5 rings (SSSR count). The molecule has 0 aromatic heterocycles. The summed E-state index contributed by atoms with van der Waals surface area (Å²) in [5, 5.41) is 0. The average molecular weight is 569 g/mol. The third-order valence-corrected chi connectivity index (χ3v) is 10.3. The Bertz CT molecular complexity index is 1230. The number of unbranched alkanes of at least 4 members (excludes halogenated alkanes) is 3. The van der Waals surface area contributed by atoms with Crippen LogP contribution in [0.5, 0.6) is 0 Å². The molecule has 0 amide bonds. The highest BCUT2D eigenvalue weighted by molar-refractivity contribution is 5.81. The molecule has 41 heavy (non-hydrogen) atoms. The van der Waals surface area contributed by atoms with Gasteiger partial charge in [0.1, 0.15) is 0 Å². The molecule has 0 aliphatic heterocycles. The van der Waals surface area contributed by atoms with Crippen LogP contribution in [-0.2, 0) is 12.8 Å². The average Bonchev–Trinajstić information content (AvgIpc) is 3.35. The SMILES string of the molecule is CCCCCC1CCC(CCCCC2CC=C(c3cc4c(c(F)c3F)-c3c(cc(CCC)c(F)c3F)C4)CC2)CC1. The van der Waals surface area contributed by atoms with E-state index in [0.717, 1.165) is 36.7 Å². The number of benzene rings is 2. The zero-order chi connectivity index (χ0) is 28.9. The number of aryl methyl sites for hydroxylation is 1. The number of allylic oxidation sites excluding steroid dienone is 2. The molecule has 0 radical (unpaired) electrons. The van der Waals surface area contributed by atoms with Crippen molar-refractivity contribution in [3.8, 4) is 11.1 Å². The molecule has 1 unspecified atom stereocenters. The Hall–Kier alpha value is -2.10. The Morgan fingerprint density at radius 3 is 1.80 bits per heavy atom. The lowest BCUT2D eigenvalue weighted by atomic mass is 9.77. The van der Waals surface area contributed by atoms with E-state index in [4.69, 9.17) is 0 Å². The van der Waals surface area contributed by atoms with Crippen LogP contribution in [0.3, 0.4) is 0 Å². The lowest BCUT2D eigenvalue weighted by Gasteiger charge is -2.29. The Labute approximate surface area is 245 Å². The Balaban J connectivity index is 1.14. The molecule has 1 saturated carbocycles. The summed E-state index contributed by atoms with van der Waals surface area (Å²) in [7, 11) is 0. The number of rotatable bonds is 12. The molecular weight excluding hydrogens is 520 g/mol. The second kappa shape index (κ2) is 13.9. The van der Waals surface area contributed by atoms with E-state index in [-0.39, 0.29) is 11.1 Å². The van der Waals surface area contributed by atoms with Crippen molar-refractivity contribution < 1.29 is 17.6 Å². The molecule has 1 atom stereocenters. The predicted molar refractivity (Wildman–Crippen MR) is 162 cm³/mol. The Morgan fingerprint density at radius 1 is 0.634 bits per heavy atom. The van der Waals surface area contributed by atoms with Gasteiger partial charge in [0, 0.05) is 16.7 Å². The third-order valence-electron chi connectivity index (χ3n) is 10.3. The first-order valence-corrected chi connectivity index (χ1v) is 16.6. The van der Waals surface area contributed by atoms with Gasteiger partial charge in [0.25, 0.3) is 0 Å². The summed E-state index contributed by atoms with van der Waals surface area (Å²) in [6.45, 7) is 4.19. The van der Waals surface area contributed by atoms with Gasteiger partial charge in [-0.05, 0) is 78.2 Å². The van der Waals surface area contributed by atoms with Crippen LogP contribution in [0.25, 0.3) is 16.7 Å². The fraction of sp³-hybridized carbons (Fsp3) is 0.622. The van der Waals surface area contributed by atoms with Crippen molar-refractivity contribution in [3.05, 3.63) is 63.7 Å². The van der Waals surface area contributed by atoms with E-state index in [2.05, 4.69) is 13.0 Å². The number of halogens is 4. The zero-order valence-corrected chi connectivity index (χ0v) is 25.2. The minimum Gasteiger partial charge on any atom is -0.203 e. The smallest absolute Gasteiger partial charge is 0.167 e. The maximum absolute atomic E-state index is 15.4. The van der Waals surface area contributed by atoms with Crippen LogP contribution in [0, 0.1) is 41.0 Å². The monoisotopic (exact) mass is 568 g/mol. The number of hydrogen-bond acceptors (Lipinski definition) is 0. The molecule has 0 spiro atoms. The van der Waals surface area contributed by atoms with E-state index in [1.165, 1.54) is 77.0 Å². The van der Waals surface area contributed by atoms with Crippen molar-refractivity contribution in [2.24, 2.45) is 17.8 Å². The van der Waals surface area contributed by atoms with E-state index in [1.807, 2.05) is 6.92 Å². The summed E-state index contributed by atoms with van der Waals surface area (Å²) in [6, 6.07) is 3.33. The highest BCUT2D eigenvalue weighted by Crippen LogP contribution is 2.45. The molecule has 2 aromatic carbocycles. The van der Waals surface area contributed by atoms with Gasteiger partial charge in [-0.15, -0.1) is 0 Å². The van der Waals surface area contributed by atoms with Gasteiger partial charge in [-0.2, -0.15) is 0 Å². The first-order valence-electron chi connectivity index (χ1n) is 16.6. The number of hydrogen-bond donors (Lipinski definition) is 0. The van der Waals surface area contributed by atoms with Crippen molar-refractivity contribution >= 4 is 5.57 Å². The van der Waals surface area contributed by atoms with Crippen LogP contribution in [0.2, 0.25) is 0 Å². The quantitative estimate of drug-likeness (QED) is 0.151. The lowest BCUT2D eigenvalue weighted by molar-refractivity contribution is 0.243. The minimum absolute atomic E-state index is 0.0973. The van der Waals surface area contributed by atoms with Crippen molar-refractivity contribution in [2.75, 3.05) is 0 Å². The summed E-state index contributed by atoms with van der Waals surface area (Å²) >= 11 is 0. The van der Waals surface area contributed by atoms with Gasteiger partial charge in [0.15, 0.2) is 23.3 Å². The van der Waals surface area contributed by atoms with Gasteiger partial charge in [-0.3, -0.25) is 0 Å². The highest BCUT2D eigenvalue weighted by atomic mass is 19.2. The largest absolute Gasteiger partial charge is 0.203 e. The van der Waals surface area contributed by atoms with E-state index in [1.54, 1.807) is 12.1 Å². The van der Waals surface area contributed by atoms with Crippen LogP contribution in [-0.4, -0.2) is 0 Å². The standard InChI is InChI=1S/C37H48F4/c1-3-5-6-10-24-13-15-25(16-14-24)11-7-8-12-26-17-19-27(20-18-26)31-23-30-22-29-21-28(9-4-2)34(38)36(40)32(29)33(30)37(41)35(31)39/h19,21,23-26H,3-18,20,22H2,1-2H3. The van der Waals surface area contributed by atoms with E-state index in [9.17, 15) is 4.39 Å². The fourth-order valence-electron chi connectivity index (χ4n) is 7.88. The van der Waals surface area contributed by atoms with Crippen LogP contribution in [0.15, 0.2) is 18.2 Å². The van der Waals surface area contributed by atoms with E-state index < -0.39 is 23.3 Å². The normalized spacial score (nSPS) is 22.0. The van der Waals surface area contributed by atoms with Gasteiger partial charge >= 0.3 is 0 Å². The molecule has 0 N–H and O–H groups in total. The van der Waals surface area contributed by atoms with Crippen molar-refractivity contribution in [3.63, 3.8) is 0 Å². The maximum Gasteiger partial charge on any atom is 0.167 e. The molecule has 0 heterocycles. The van der Waals surface area contributed by atoms with Gasteiger partial charge < -0.3 is 0 Å². The Morgan fingerprint density at radius 2 is 1.22 bits per heavy atom. The summed E-state index contributed by atoms with van der Waals surface area (Å²) in [4.78, 5) is 0. The molecule has 0 bridgehead atoms. The summed E-state index contributed by atoms with van der Waals surface area (Å²) < 4.78 is 60.4. The van der Waals surface area contributed by atoms with Gasteiger partial charge in [-0.1, -0.05) is 109 Å². The molecule has 3 aliphatic carbocycles. The summed E-state index contributed by atoms with van der Waals surface area (Å²) in [5.41, 5.74) is 2.37. The molecule has 224 valence electrons. The Kier molecular flexibility index (Phi) is 10.3. The zero-order valence-electron chi connectivity index (χ0n) is 25.2. The third kappa shape index (κ3) is 6.78. The summed E-state index contributed by atoms with van der Waals surface area (Å²) in [5.74, 6) is -1.46. The number of fused-ring (bicyclic) bond motifs is 3. The van der Waals surface area contributed by atoms with Crippen LogP contribution in [0.1, 0.15) is 139 Å². The lowest BCUT2D eigenvalue weighted by Crippen LogP contribution is -2.14. The van der Waals surface area contributed by atoms with Crippen molar-refractivity contribution in [2.45, 2.75) is 129 Å². The van der Waals surface area contributed by atoms with Crippen molar-refractivity contribution in [1.82, 2.24) is 0 Å². The molecule has 2 aromatic rings. The molecule has 4 heteroatoms. The fourth-order valence-corrected chi connectivity index (χ4v) is 7.88. The first-order chi connectivity index (χ1) is 19.9. The second-order valence-corrected chi connectivity index (χ2v) is 13.2. The van der Waals surface area contributed by atoms with Crippen LogP contribution < -0.4 is 0 Å². The van der Waals surface area contributed by atoms with E-state index in [0.29, 0.717) is 47.4 Å². The first kappa shape index (κ1) is 30.4. The molecule has 3 aliphatic rings. The molecule has 1 fully saturated rings. The van der Waals surface area contributed by atoms with E-state index >= 15 is 13.2 Å². The molecular formula is C37H48F4. The molecule has 0 nitrogen and oxygen atoms in total. The van der Waals surface area contributed by atoms with Gasteiger partial charge in [0.05, 0.1) is 0 Å². The minimum atomic E-state index is -1.05. The predicted octanol–water partition coefficient (Wildman–Crippen LogP) is 11.9. The topological polar surface area (TPSA) is 0 Å².